The molecule has 1 aliphatic carbocycles. The summed E-state index contributed by atoms with van der Waals surface area (Å²) in [5.41, 5.74) is 0.392. The molecule has 162 valence electrons. The van der Waals surface area contributed by atoms with Crippen LogP contribution in [0.15, 0.2) is 36.5 Å². The number of pyridine rings is 1. The zero-order valence-corrected chi connectivity index (χ0v) is 18.5. The van der Waals surface area contributed by atoms with Gasteiger partial charge in [0.25, 0.3) is 5.91 Å². The molecule has 3 rings (SSSR count). The number of carbonyl (C=O) groups is 1. The Morgan fingerprint density at radius 1 is 1.23 bits per heavy atom. The minimum absolute atomic E-state index is 0.0385. The lowest BCUT2D eigenvalue weighted by molar-refractivity contribution is 0.102. The van der Waals surface area contributed by atoms with Crippen molar-refractivity contribution in [2.24, 2.45) is 5.92 Å². The van der Waals surface area contributed by atoms with Gasteiger partial charge in [-0.1, -0.05) is 12.8 Å². The second-order valence-electron chi connectivity index (χ2n) is 8.06. The first-order chi connectivity index (χ1) is 14.2. The van der Waals surface area contributed by atoms with Crippen molar-refractivity contribution in [1.82, 2.24) is 4.98 Å². The van der Waals surface area contributed by atoms with Gasteiger partial charge in [0.15, 0.2) is 0 Å². The lowest BCUT2D eigenvalue weighted by atomic mass is 10.1. The lowest BCUT2D eigenvalue weighted by Crippen LogP contribution is -2.16. The highest BCUT2D eigenvalue weighted by Crippen LogP contribution is 2.33. The maximum absolute atomic E-state index is 12.8. The monoisotopic (exact) mass is 432 g/mol. The standard InChI is InChI=1S/C22H29N2O5P/c1-15(2)29-19-11-17(10-18(12-19)28-14-16-6-4-5-7-16)22(25)24-21-9-8-20(13-23-21)30(3,26)27/h8-13,15-16H,4-7,14H2,1-3H3,(H,26,27)(H,23,24,25). The number of nitrogens with one attached hydrogen (secondary N) is 1. The summed E-state index contributed by atoms with van der Waals surface area (Å²) in [4.78, 5) is 26.4. The van der Waals surface area contributed by atoms with Crippen LogP contribution in [0, 0.1) is 5.92 Å². The average molecular weight is 432 g/mol. The van der Waals surface area contributed by atoms with E-state index in [1.165, 1.54) is 50.7 Å². The molecule has 1 atom stereocenters. The van der Waals surface area contributed by atoms with Crippen LogP contribution in [0.25, 0.3) is 0 Å². The van der Waals surface area contributed by atoms with Gasteiger partial charge in [-0.2, -0.15) is 0 Å². The van der Waals surface area contributed by atoms with Crippen molar-refractivity contribution in [3.05, 3.63) is 42.1 Å². The van der Waals surface area contributed by atoms with E-state index in [1.807, 2.05) is 13.8 Å². The van der Waals surface area contributed by atoms with Gasteiger partial charge in [-0.05, 0) is 56.9 Å². The van der Waals surface area contributed by atoms with Crippen molar-refractivity contribution in [1.29, 1.82) is 0 Å². The summed E-state index contributed by atoms with van der Waals surface area (Å²) in [6.45, 7) is 5.72. The number of hydrogen-bond acceptors (Lipinski definition) is 5. The molecule has 0 spiro atoms. The summed E-state index contributed by atoms with van der Waals surface area (Å²) in [5, 5.41) is 2.94. The Morgan fingerprint density at radius 3 is 2.53 bits per heavy atom. The van der Waals surface area contributed by atoms with E-state index in [-0.39, 0.29) is 17.3 Å². The van der Waals surface area contributed by atoms with Gasteiger partial charge in [0.2, 0.25) is 7.37 Å². The highest BCUT2D eigenvalue weighted by Gasteiger charge is 2.18. The van der Waals surface area contributed by atoms with Crippen LogP contribution in [0.4, 0.5) is 5.82 Å². The molecule has 0 bridgehead atoms. The molecule has 1 fully saturated rings. The number of rotatable bonds is 8. The zero-order chi connectivity index (χ0) is 21.7. The fraction of sp³-hybridized carbons (Fsp3) is 0.455. The van der Waals surface area contributed by atoms with Crippen molar-refractivity contribution in [3.63, 3.8) is 0 Å². The quantitative estimate of drug-likeness (QED) is 0.607. The van der Waals surface area contributed by atoms with Crippen molar-refractivity contribution in [2.75, 3.05) is 18.6 Å². The van der Waals surface area contributed by atoms with Gasteiger partial charge >= 0.3 is 0 Å². The van der Waals surface area contributed by atoms with Gasteiger partial charge in [-0.25, -0.2) is 4.98 Å². The molecule has 8 heteroatoms. The maximum atomic E-state index is 12.8. The Morgan fingerprint density at radius 2 is 1.93 bits per heavy atom. The molecule has 30 heavy (non-hydrogen) atoms. The molecular weight excluding hydrogens is 403 g/mol. The third-order valence-electron chi connectivity index (χ3n) is 4.94. The number of anilines is 1. The largest absolute Gasteiger partial charge is 0.493 e. The molecule has 1 unspecified atom stereocenters. The van der Waals surface area contributed by atoms with E-state index in [4.69, 9.17) is 9.47 Å². The van der Waals surface area contributed by atoms with Crippen LogP contribution in [0.1, 0.15) is 49.9 Å². The topological polar surface area (TPSA) is 97.8 Å². The molecule has 0 aliphatic heterocycles. The van der Waals surface area contributed by atoms with E-state index in [2.05, 4.69) is 10.3 Å². The highest BCUT2D eigenvalue weighted by molar-refractivity contribution is 7.65. The molecule has 1 amide bonds. The Balaban J connectivity index is 1.75. The molecular formula is C22H29N2O5P. The van der Waals surface area contributed by atoms with Gasteiger partial charge in [-0.3, -0.25) is 9.36 Å². The summed E-state index contributed by atoms with van der Waals surface area (Å²) in [6.07, 6.45) is 6.10. The molecule has 1 aliphatic rings. The van der Waals surface area contributed by atoms with Crippen molar-refractivity contribution in [2.45, 2.75) is 45.6 Å². The number of hydrogen-bond donors (Lipinski definition) is 2. The van der Waals surface area contributed by atoms with E-state index in [0.717, 1.165) is 0 Å². The van der Waals surface area contributed by atoms with Crippen LogP contribution < -0.4 is 20.1 Å². The Hall–Kier alpha value is -2.37. The van der Waals surface area contributed by atoms with E-state index in [9.17, 15) is 14.3 Å². The zero-order valence-electron chi connectivity index (χ0n) is 17.6. The van der Waals surface area contributed by atoms with E-state index in [0.29, 0.717) is 35.4 Å². The second kappa shape index (κ2) is 9.63. The molecule has 1 heterocycles. The highest BCUT2D eigenvalue weighted by atomic mass is 31.2. The average Bonchev–Trinajstić information content (AvgIpc) is 3.19. The van der Waals surface area contributed by atoms with Crippen LogP contribution in [-0.4, -0.2) is 35.2 Å². The van der Waals surface area contributed by atoms with Gasteiger partial charge in [-0.15, -0.1) is 0 Å². The maximum Gasteiger partial charge on any atom is 0.257 e. The Bertz CT molecular complexity index is 918. The van der Waals surface area contributed by atoms with Crippen LogP contribution in [0.5, 0.6) is 11.5 Å². The van der Waals surface area contributed by atoms with Crippen molar-refractivity contribution in [3.8, 4) is 11.5 Å². The van der Waals surface area contributed by atoms with E-state index < -0.39 is 7.37 Å². The number of aromatic nitrogens is 1. The number of nitrogens with zero attached hydrogens (tertiary/aromatic N) is 1. The minimum Gasteiger partial charge on any atom is -0.493 e. The lowest BCUT2D eigenvalue weighted by Gasteiger charge is -2.16. The van der Waals surface area contributed by atoms with Gasteiger partial charge in [0, 0.05) is 24.5 Å². The first-order valence-corrected chi connectivity index (χ1v) is 12.3. The summed E-state index contributed by atoms with van der Waals surface area (Å²) < 4.78 is 23.4. The van der Waals surface area contributed by atoms with Crippen LogP contribution in [0.2, 0.25) is 0 Å². The molecule has 1 aromatic carbocycles. The fourth-order valence-corrected chi connectivity index (χ4v) is 4.03. The van der Waals surface area contributed by atoms with Crippen LogP contribution in [-0.2, 0) is 4.57 Å². The number of ether oxygens (including phenoxy) is 2. The van der Waals surface area contributed by atoms with Crippen molar-refractivity contribution >= 4 is 24.4 Å². The normalized spacial score (nSPS) is 16.3. The third kappa shape index (κ3) is 6.31. The third-order valence-corrected chi connectivity index (χ3v) is 6.17. The second-order valence-corrected chi connectivity index (χ2v) is 10.3. The van der Waals surface area contributed by atoms with Gasteiger partial charge in [0.1, 0.15) is 17.3 Å². The summed E-state index contributed by atoms with van der Waals surface area (Å²) >= 11 is 0. The number of benzene rings is 1. The van der Waals surface area contributed by atoms with Crippen LogP contribution in [0.3, 0.4) is 0 Å². The predicted molar refractivity (Wildman–Crippen MR) is 117 cm³/mol. The van der Waals surface area contributed by atoms with Gasteiger partial charge in [0.05, 0.1) is 18.0 Å². The molecule has 2 N–H and O–H groups in total. The minimum atomic E-state index is -3.38. The molecule has 0 saturated heterocycles. The molecule has 7 nitrogen and oxygen atoms in total. The first kappa shape index (κ1) is 22.3. The van der Waals surface area contributed by atoms with Crippen LogP contribution >= 0.6 is 7.37 Å². The predicted octanol–water partition coefficient (Wildman–Crippen LogP) is 4.22. The number of amides is 1. The van der Waals surface area contributed by atoms with E-state index >= 15 is 0 Å². The fourth-order valence-electron chi connectivity index (χ4n) is 3.41. The number of carbonyl (C=O) groups excluding carboxylic acids is 1. The summed E-state index contributed by atoms with van der Waals surface area (Å²) in [6, 6.07) is 8.15. The van der Waals surface area contributed by atoms with E-state index in [1.54, 1.807) is 18.2 Å². The Labute approximate surface area is 177 Å². The molecule has 2 aromatic rings. The SMILES string of the molecule is CC(C)Oc1cc(OCC2CCCC2)cc(C(=O)Nc2ccc(P(C)(=O)O)cn2)c1. The molecule has 1 saturated carbocycles. The molecule has 1 aromatic heterocycles. The Kier molecular flexibility index (Phi) is 7.16. The summed E-state index contributed by atoms with van der Waals surface area (Å²) in [7, 11) is -3.38. The smallest absolute Gasteiger partial charge is 0.257 e. The molecule has 0 radical (unpaired) electrons. The summed E-state index contributed by atoms with van der Waals surface area (Å²) in [5.74, 6) is 1.65. The van der Waals surface area contributed by atoms with Crippen molar-refractivity contribution < 1.29 is 23.7 Å². The van der Waals surface area contributed by atoms with Gasteiger partial charge < -0.3 is 19.7 Å². The first-order valence-electron chi connectivity index (χ1n) is 10.2.